The number of amides is 1. The number of carbonyl (C=O) groups excluding carboxylic acids is 2. The Labute approximate surface area is 142 Å². The molecule has 0 spiro atoms. The Morgan fingerprint density at radius 3 is 2.92 bits per heavy atom. The summed E-state index contributed by atoms with van der Waals surface area (Å²) in [6.07, 6.45) is 1.60. The second kappa shape index (κ2) is 6.33. The summed E-state index contributed by atoms with van der Waals surface area (Å²) >= 11 is 5.77. The van der Waals surface area contributed by atoms with E-state index in [9.17, 15) is 19.1 Å². The van der Waals surface area contributed by atoms with Gasteiger partial charge in [-0.05, 0) is 30.2 Å². The Hall–Kier alpha value is -2.25. The first kappa shape index (κ1) is 16.6. The van der Waals surface area contributed by atoms with Gasteiger partial charge in [-0.3, -0.25) is 19.6 Å². The summed E-state index contributed by atoms with van der Waals surface area (Å²) in [7, 11) is 0. The Morgan fingerprint density at radius 1 is 1.46 bits per heavy atom. The van der Waals surface area contributed by atoms with Gasteiger partial charge in [0.05, 0.1) is 6.20 Å². The maximum atomic E-state index is 13.3. The highest BCUT2D eigenvalue weighted by Crippen LogP contribution is 2.29. The zero-order valence-electron chi connectivity index (χ0n) is 12.6. The van der Waals surface area contributed by atoms with Crippen molar-refractivity contribution in [1.82, 2.24) is 10.2 Å². The summed E-state index contributed by atoms with van der Waals surface area (Å²) in [5, 5.41) is 17.1. The number of hydrogen-bond donors (Lipinski definition) is 2. The Bertz CT molecular complexity index is 761. The van der Waals surface area contributed by atoms with Gasteiger partial charge in [0, 0.05) is 30.5 Å². The van der Waals surface area contributed by atoms with Crippen LogP contribution in [0.15, 0.2) is 30.5 Å². The number of aliphatic hydroxyl groups is 1. The average Bonchev–Trinajstić information content (AvgIpc) is 3.14. The van der Waals surface area contributed by atoms with Crippen molar-refractivity contribution in [3.8, 4) is 0 Å². The quantitative estimate of drug-likeness (QED) is 0.805. The smallest absolute Gasteiger partial charge is 0.267 e. The molecule has 1 aliphatic heterocycles. The molecule has 2 aromatic rings. The molecule has 24 heavy (non-hydrogen) atoms. The molecule has 1 amide bonds. The second-order valence-electron chi connectivity index (χ2n) is 5.71. The molecule has 6 nitrogen and oxygen atoms in total. The van der Waals surface area contributed by atoms with Crippen LogP contribution >= 0.6 is 11.6 Å². The Balaban J connectivity index is 1.69. The molecule has 2 heterocycles. The van der Waals surface area contributed by atoms with Crippen LogP contribution in [0.5, 0.6) is 0 Å². The number of anilines is 1. The maximum Gasteiger partial charge on any atom is 0.267 e. The van der Waals surface area contributed by atoms with Crippen LogP contribution in [-0.2, 0) is 16.0 Å². The van der Waals surface area contributed by atoms with E-state index in [-0.39, 0.29) is 30.8 Å². The van der Waals surface area contributed by atoms with E-state index in [1.807, 2.05) is 0 Å². The van der Waals surface area contributed by atoms with E-state index in [2.05, 4.69) is 10.2 Å². The molecule has 0 radical (unpaired) electrons. The highest BCUT2D eigenvalue weighted by atomic mass is 35.5. The van der Waals surface area contributed by atoms with Gasteiger partial charge < -0.3 is 5.11 Å². The lowest BCUT2D eigenvalue weighted by Crippen LogP contribution is -2.47. The van der Waals surface area contributed by atoms with Gasteiger partial charge in [0.1, 0.15) is 11.6 Å². The highest BCUT2D eigenvalue weighted by molar-refractivity contribution is 6.30. The second-order valence-corrected chi connectivity index (χ2v) is 6.15. The lowest BCUT2D eigenvalue weighted by molar-refractivity contribution is -0.147. The number of carbonyl (C=O) groups is 2. The molecule has 1 unspecified atom stereocenters. The van der Waals surface area contributed by atoms with Crippen LogP contribution in [0.25, 0.3) is 0 Å². The van der Waals surface area contributed by atoms with Crippen LogP contribution in [0.2, 0.25) is 5.02 Å². The van der Waals surface area contributed by atoms with Crippen molar-refractivity contribution in [2.24, 2.45) is 0 Å². The van der Waals surface area contributed by atoms with E-state index in [1.54, 1.807) is 12.1 Å². The molecule has 3 rings (SSSR count). The lowest BCUT2D eigenvalue weighted by atomic mass is 9.92. The minimum absolute atomic E-state index is 0.00753. The standard InChI is InChI=1S/C16H15ClFN3O3/c17-11-7-10(8-12(18)9-11)1-2-13(22)16(24)4-6-21(15(16)23)14-3-5-19-20-14/h3,5,7-9,24H,1-2,4,6H2,(H,19,20). The number of aromatic amines is 1. The van der Waals surface area contributed by atoms with E-state index in [1.165, 1.54) is 23.2 Å². The van der Waals surface area contributed by atoms with Crippen LogP contribution in [0.4, 0.5) is 10.2 Å². The molecular weight excluding hydrogens is 337 g/mol. The molecule has 1 aromatic carbocycles. The van der Waals surface area contributed by atoms with Crippen LogP contribution in [0.1, 0.15) is 18.4 Å². The first-order valence-corrected chi connectivity index (χ1v) is 7.80. The number of H-pyrrole nitrogens is 1. The van der Waals surface area contributed by atoms with Crippen molar-refractivity contribution in [2.45, 2.75) is 24.9 Å². The van der Waals surface area contributed by atoms with E-state index in [4.69, 9.17) is 11.6 Å². The predicted molar refractivity (Wildman–Crippen MR) is 85.2 cm³/mol. The molecule has 0 aliphatic carbocycles. The number of ketones is 1. The van der Waals surface area contributed by atoms with Crippen molar-refractivity contribution < 1.29 is 19.1 Å². The SMILES string of the molecule is O=C(CCc1cc(F)cc(Cl)c1)C1(O)CCN(c2ccn[nH]2)C1=O. The Kier molecular flexibility index (Phi) is 4.38. The predicted octanol–water partition coefficient (Wildman–Crippen LogP) is 1.87. The van der Waals surface area contributed by atoms with Gasteiger partial charge in [0.2, 0.25) is 5.60 Å². The molecule has 1 aliphatic rings. The number of halogens is 2. The fraction of sp³-hybridized carbons (Fsp3) is 0.312. The van der Waals surface area contributed by atoms with Crippen molar-refractivity contribution >= 4 is 29.1 Å². The zero-order valence-corrected chi connectivity index (χ0v) is 13.4. The van der Waals surface area contributed by atoms with Crippen molar-refractivity contribution in [3.63, 3.8) is 0 Å². The third-order valence-corrected chi connectivity index (χ3v) is 4.32. The number of benzene rings is 1. The summed E-state index contributed by atoms with van der Waals surface area (Å²) in [4.78, 5) is 26.1. The summed E-state index contributed by atoms with van der Waals surface area (Å²) < 4.78 is 13.3. The molecular formula is C16H15ClFN3O3. The van der Waals surface area contributed by atoms with Crippen molar-refractivity contribution in [2.75, 3.05) is 11.4 Å². The van der Waals surface area contributed by atoms with Crippen LogP contribution in [0.3, 0.4) is 0 Å². The van der Waals surface area contributed by atoms with E-state index in [0.29, 0.717) is 11.4 Å². The van der Waals surface area contributed by atoms with Gasteiger partial charge in [0.25, 0.3) is 5.91 Å². The number of hydrogen-bond acceptors (Lipinski definition) is 4. The van der Waals surface area contributed by atoms with Crippen molar-refractivity contribution in [1.29, 1.82) is 0 Å². The molecule has 2 N–H and O–H groups in total. The number of nitrogens with zero attached hydrogens (tertiary/aromatic N) is 2. The lowest BCUT2D eigenvalue weighted by Gasteiger charge is -2.20. The number of aryl methyl sites for hydroxylation is 1. The zero-order chi connectivity index (χ0) is 17.3. The third kappa shape index (κ3) is 3.05. The summed E-state index contributed by atoms with van der Waals surface area (Å²) in [5.41, 5.74) is -1.52. The Morgan fingerprint density at radius 2 is 2.25 bits per heavy atom. The molecule has 0 saturated carbocycles. The number of Topliss-reactive ketones (excluding diaryl/α,β-unsaturated/α-hetero) is 1. The molecule has 1 aromatic heterocycles. The van der Waals surface area contributed by atoms with Gasteiger partial charge in [-0.1, -0.05) is 11.6 Å². The highest BCUT2D eigenvalue weighted by Gasteiger charge is 2.51. The van der Waals surface area contributed by atoms with E-state index >= 15 is 0 Å². The molecule has 0 bridgehead atoms. The maximum absolute atomic E-state index is 13.3. The van der Waals surface area contributed by atoms with E-state index < -0.39 is 23.1 Å². The van der Waals surface area contributed by atoms with Crippen molar-refractivity contribution in [3.05, 3.63) is 46.9 Å². The molecule has 1 saturated heterocycles. The van der Waals surface area contributed by atoms with Crippen LogP contribution in [0, 0.1) is 5.82 Å². The first-order chi connectivity index (χ1) is 11.4. The number of aromatic nitrogens is 2. The number of nitrogens with one attached hydrogen (secondary N) is 1. The normalized spacial score (nSPS) is 20.6. The summed E-state index contributed by atoms with van der Waals surface area (Å²) in [6.45, 7) is 0.217. The first-order valence-electron chi connectivity index (χ1n) is 7.42. The number of rotatable bonds is 5. The molecule has 126 valence electrons. The summed E-state index contributed by atoms with van der Waals surface area (Å²) in [5.74, 6) is -1.32. The van der Waals surface area contributed by atoms with Gasteiger partial charge in [-0.15, -0.1) is 0 Å². The molecule has 1 fully saturated rings. The fourth-order valence-corrected chi connectivity index (χ4v) is 3.06. The molecule has 1 atom stereocenters. The minimum Gasteiger partial charge on any atom is -0.373 e. The van der Waals surface area contributed by atoms with Gasteiger partial charge in [-0.25, -0.2) is 4.39 Å². The van der Waals surface area contributed by atoms with Gasteiger partial charge in [-0.2, -0.15) is 5.10 Å². The van der Waals surface area contributed by atoms with Gasteiger partial charge >= 0.3 is 0 Å². The minimum atomic E-state index is -2.05. The average molecular weight is 352 g/mol. The van der Waals surface area contributed by atoms with E-state index in [0.717, 1.165) is 0 Å². The molecule has 8 heteroatoms. The van der Waals surface area contributed by atoms with Gasteiger partial charge in [0.15, 0.2) is 5.78 Å². The monoisotopic (exact) mass is 351 g/mol. The topological polar surface area (TPSA) is 86.3 Å². The fourth-order valence-electron chi connectivity index (χ4n) is 2.81. The van der Waals surface area contributed by atoms with Crippen LogP contribution in [-0.4, -0.2) is 39.1 Å². The third-order valence-electron chi connectivity index (χ3n) is 4.10. The summed E-state index contributed by atoms with van der Waals surface area (Å²) in [6, 6.07) is 5.58. The van der Waals surface area contributed by atoms with Crippen LogP contribution < -0.4 is 4.90 Å². The largest absolute Gasteiger partial charge is 0.373 e.